The fraction of sp³-hybridized carbons (Fsp3) is 0.812. The highest BCUT2D eigenvalue weighted by Gasteiger charge is 2.24. The van der Waals surface area contributed by atoms with Gasteiger partial charge in [-0.3, -0.25) is 0 Å². The first-order valence-corrected chi connectivity index (χ1v) is 8.58. The van der Waals surface area contributed by atoms with E-state index in [4.69, 9.17) is 5.11 Å². The normalized spacial score (nSPS) is 17.5. The summed E-state index contributed by atoms with van der Waals surface area (Å²) in [6.45, 7) is 6.63. The average molecular weight is 323 g/mol. The van der Waals surface area contributed by atoms with Crippen LogP contribution in [0, 0.1) is 11.8 Å². The second kappa shape index (κ2) is 8.86. The van der Waals surface area contributed by atoms with E-state index in [1.165, 1.54) is 0 Å². The van der Waals surface area contributed by atoms with E-state index < -0.39 is 0 Å². The van der Waals surface area contributed by atoms with Gasteiger partial charge in [-0.05, 0) is 37.5 Å². The number of likely N-dealkylation sites (tertiary alicyclic amines) is 1. The highest BCUT2D eigenvalue weighted by atomic mass is 16.3. The molecule has 7 heteroatoms. The van der Waals surface area contributed by atoms with Crippen LogP contribution in [0.5, 0.6) is 0 Å². The van der Waals surface area contributed by atoms with Crippen molar-refractivity contribution in [3.05, 3.63) is 12.7 Å². The van der Waals surface area contributed by atoms with Crippen LogP contribution in [0.2, 0.25) is 0 Å². The monoisotopic (exact) mass is 323 g/mol. The third-order valence-electron chi connectivity index (χ3n) is 4.45. The van der Waals surface area contributed by atoms with Gasteiger partial charge in [0.05, 0.1) is 6.04 Å². The molecule has 0 radical (unpaired) electrons. The van der Waals surface area contributed by atoms with Crippen LogP contribution in [0.15, 0.2) is 12.7 Å². The first-order chi connectivity index (χ1) is 11.1. The van der Waals surface area contributed by atoms with Gasteiger partial charge in [0, 0.05) is 26.2 Å². The minimum absolute atomic E-state index is 0.00809. The number of amides is 2. The van der Waals surface area contributed by atoms with Gasteiger partial charge in [0.1, 0.15) is 12.7 Å². The second-order valence-corrected chi connectivity index (χ2v) is 6.79. The van der Waals surface area contributed by atoms with Crippen LogP contribution in [0.1, 0.15) is 45.6 Å². The standard InChI is InChI=1S/C16H29N5O2/c1-13(2)9-14(5-8-22)10-18-16(23)20-6-3-15(4-7-20)21-12-17-11-19-21/h11-15,22H,3-10H2,1-2H3,(H,18,23). The van der Waals surface area contributed by atoms with E-state index in [1.807, 2.05) is 9.58 Å². The van der Waals surface area contributed by atoms with E-state index in [9.17, 15) is 4.79 Å². The Morgan fingerprint density at radius 1 is 1.39 bits per heavy atom. The highest BCUT2D eigenvalue weighted by Crippen LogP contribution is 2.21. The van der Waals surface area contributed by atoms with Crippen molar-refractivity contribution in [2.45, 2.75) is 45.6 Å². The maximum atomic E-state index is 12.3. The van der Waals surface area contributed by atoms with E-state index in [0.717, 1.165) is 38.8 Å². The molecule has 1 atom stereocenters. The number of hydrogen-bond acceptors (Lipinski definition) is 4. The number of carbonyl (C=O) groups is 1. The summed E-state index contributed by atoms with van der Waals surface area (Å²) in [4.78, 5) is 18.2. The Labute approximate surface area is 138 Å². The van der Waals surface area contributed by atoms with Crippen molar-refractivity contribution >= 4 is 6.03 Å². The van der Waals surface area contributed by atoms with Gasteiger partial charge in [-0.15, -0.1) is 0 Å². The summed E-state index contributed by atoms with van der Waals surface area (Å²) in [6.07, 6.45) is 6.87. The molecule has 0 saturated carbocycles. The lowest BCUT2D eigenvalue weighted by Gasteiger charge is -2.32. The Kier molecular flexibility index (Phi) is 6.83. The quantitative estimate of drug-likeness (QED) is 0.799. The van der Waals surface area contributed by atoms with Crippen molar-refractivity contribution in [2.24, 2.45) is 11.8 Å². The molecule has 2 N–H and O–H groups in total. The zero-order valence-corrected chi connectivity index (χ0v) is 14.2. The molecule has 1 aliphatic rings. The lowest BCUT2D eigenvalue weighted by Crippen LogP contribution is -2.46. The van der Waals surface area contributed by atoms with E-state index in [-0.39, 0.29) is 12.6 Å². The number of urea groups is 1. The molecule has 1 aliphatic heterocycles. The smallest absolute Gasteiger partial charge is 0.317 e. The molecule has 2 amide bonds. The van der Waals surface area contributed by atoms with Crippen molar-refractivity contribution in [3.8, 4) is 0 Å². The van der Waals surface area contributed by atoms with Crippen molar-refractivity contribution in [1.82, 2.24) is 25.0 Å². The average Bonchev–Trinajstić information content (AvgIpc) is 3.06. The Morgan fingerprint density at radius 2 is 2.13 bits per heavy atom. The molecule has 2 rings (SSSR count). The van der Waals surface area contributed by atoms with Crippen LogP contribution in [-0.4, -0.2) is 57.0 Å². The van der Waals surface area contributed by atoms with Crippen LogP contribution >= 0.6 is 0 Å². The van der Waals surface area contributed by atoms with Gasteiger partial charge in [-0.1, -0.05) is 13.8 Å². The maximum Gasteiger partial charge on any atom is 0.317 e. The number of aromatic nitrogens is 3. The van der Waals surface area contributed by atoms with Gasteiger partial charge in [0.2, 0.25) is 0 Å². The van der Waals surface area contributed by atoms with Crippen LogP contribution in [0.25, 0.3) is 0 Å². The first kappa shape index (κ1) is 17.7. The van der Waals surface area contributed by atoms with E-state index in [2.05, 4.69) is 29.2 Å². The molecular formula is C16H29N5O2. The molecule has 130 valence electrons. The molecule has 2 heterocycles. The summed E-state index contributed by atoms with van der Waals surface area (Å²) in [7, 11) is 0. The minimum atomic E-state index is 0.00809. The molecule has 7 nitrogen and oxygen atoms in total. The largest absolute Gasteiger partial charge is 0.396 e. The molecule has 1 unspecified atom stereocenters. The molecule has 1 saturated heterocycles. The Morgan fingerprint density at radius 3 is 2.70 bits per heavy atom. The molecule has 1 aromatic rings. The van der Waals surface area contributed by atoms with Gasteiger partial charge < -0.3 is 15.3 Å². The Balaban J connectivity index is 1.73. The molecule has 1 fully saturated rings. The van der Waals surface area contributed by atoms with Gasteiger partial charge in [0.15, 0.2) is 0 Å². The number of aliphatic hydroxyl groups is 1. The van der Waals surface area contributed by atoms with E-state index in [0.29, 0.717) is 24.4 Å². The zero-order valence-electron chi connectivity index (χ0n) is 14.2. The van der Waals surface area contributed by atoms with Crippen LogP contribution in [-0.2, 0) is 0 Å². The Hall–Kier alpha value is -1.63. The summed E-state index contributed by atoms with van der Waals surface area (Å²) < 4.78 is 1.88. The zero-order chi connectivity index (χ0) is 16.7. The predicted octanol–water partition coefficient (Wildman–Crippen LogP) is 1.67. The second-order valence-electron chi connectivity index (χ2n) is 6.79. The number of nitrogens with one attached hydrogen (secondary N) is 1. The number of rotatable bonds is 7. The summed E-state index contributed by atoms with van der Waals surface area (Å²) in [6, 6.07) is 0.346. The third kappa shape index (κ3) is 5.49. The molecule has 0 aromatic carbocycles. The number of carbonyl (C=O) groups excluding carboxylic acids is 1. The lowest BCUT2D eigenvalue weighted by molar-refractivity contribution is 0.164. The molecule has 0 spiro atoms. The fourth-order valence-electron chi connectivity index (χ4n) is 3.24. The first-order valence-electron chi connectivity index (χ1n) is 8.58. The highest BCUT2D eigenvalue weighted by molar-refractivity contribution is 5.74. The lowest BCUT2D eigenvalue weighted by atomic mass is 9.94. The molecule has 0 bridgehead atoms. The SMILES string of the molecule is CC(C)CC(CCO)CNC(=O)N1CCC(n2cncn2)CC1. The minimum Gasteiger partial charge on any atom is -0.396 e. The predicted molar refractivity (Wildman–Crippen MR) is 87.9 cm³/mol. The molecular weight excluding hydrogens is 294 g/mol. The van der Waals surface area contributed by atoms with Crippen LogP contribution < -0.4 is 5.32 Å². The topological polar surface area (TPSA) is 83.3 Å². The number of hydrogen-bond donors (Lipinski definition) is 2. The van der Waals surface area contributed by atoms with E-state index >= 15 is 0 Å². The van der Waals surface area contributed by atoms with Gasteiger partial charge in [0.25, 0.3) is 0 Å². The van der Waals surface area contributed by atoms with Crippen molar-refractivity contribution in [3.63, 3.8) is 0 Å². The van der Waals surface area contributed by atoms with Crippen LogP contribution in [0.4, 0.5) is 4.79 Å². The Bertz CT molecular complexity index is 455. The number of nitrogens with zero attached hydrogens (tertiary/aromatic N) is 4. The summed E-state index contributed by atoms with van der Waals surface area (Å²) >= 11 is 0. The third-order valence-corrected chi connectivity index (χ3v) is 4.45. The van der Waals surface area contributed by atoms with Crippen molar-refractivity contribution in [2.75, 3.05) is 26.2 Å². The van der Waals surface area contributed by atoms with Gasteiger partial charge in [-0.2, -0.15) is 5.10 Å². The van der Waals surface area contributed by atoms with Crippen LogP contribution in [0.3, 0.4) is 0 Å². The van der Waals surface area contributed by atoms with E-state index in [1.54, 1.807) is 12.7 Å². The molecule has 0 aliphatic carbocycles. The van der Waals surface area contributed by atoms with Gasteiger partial charge >= 0.3 is 6.03 Å². The summed E-state index contributed by atoms with van der Waals surface area (Å²) in [5.41, 5.74) is 0. The van der Waals surface area contributed by atoms with Crippen molar-refractivity contribution < 1.29 is 9.90 Å². The number of aliphatic hydroxyl groups excluding tert-OH is 1. The summed E-state index contributed by atoms with van der Waals surface area (Å²) in [5, 5.41) is 16.4. The van der Waals surface area contributed by atoms with Gasteiger partial charge in [-0.25, -0.2) is 14.5 Å². The molecule has 1 aromatic heterocycles. The molecule has 23 heavy (non-hydrogen) atoms. The van der Waals surface area contributed by atoms with Crippen molar-refractivity contribution in [1.29, 1.82) is 0 Å². The summed E-state index contributed by atoms with van der Waals surface area (Å²) in [5.74, 6) is 0.915. The number of piperidine rings is 1. The maximum absolute atomic E-state index is 12.3. The fourth-order valence-corrected chi connectivity index (χ4v) is 3.24.